The summed E-state index contributed by atoms with van der Waals surface area (Å²) >= 11 is 0. The van der Waals surface area contributed by atoms with E-state index in [4.69, 9.17) is 8.83 Å². The number of hydrogen-bond donors (Lipinski definition) is 1. The molecule has 0 aliphatic carbocycles. The third-order valence-corrected chi connectivity index (χ3v) is 2.78. The van der Waals surface area contributed by atoms with Crippen LogP contribution < -0.4 is 5.32 Å². The first-order valence-corrected chi connectivity index (χ1v) is 6.26. The zero-order chi connectivity index (χ0) is 13.5. The molecule has 0 fully saturated rings. The summed E-state index contributed by atoms with van der Waals surface area (Å²) in [5, 5.41) is 3.29. The minimum Gasteiger partial charge on any atom is -0.469 e. The van der Waals surface area contributed by atoms with Crippen LogP contribution in [-0.2, 0) is 13.0 Å². The Bertz CT molecular complexity index is 494. The molecule has 2 aromatic heterocycles. The Balaban J connectivity index is 0.00000200. The number of rotatable bonds is 5. The van der Waals surface area contributed by atoms with Gasteiger partial charge in [0.15, 0.2) is 5.96 Å². The Labute approximate surface area is 136 Å². The monoisotopic (exact) mass is 389 g/mol. The fraction of sp³-hybridized carbons (Fsp3) is 0.357. The average Bonchev–Trinajstić information content (AvgIpc) is 3.07. The third kappa shape index (κ3) is 4.92. The molecule has 20 heavy (non-hydrogen) atoms. The van der Waals surface area contributed by atoms with Gasteiger partial charge in [-0.2, -0.15) is 0 Å². The molecule has 0 unspecified atom stereocenters. The maximum atomic E-state index is 5.32. The van der Waals surface area contributed by atoms with E-state index < -0.39 is 0 Å². The Morgan fingerprint density at radius 3 is 2.40 bits per heavy atom. The zero-order valence-electron chi connectivity index (χ0n) is 11.7. The number of guanidine groups is 1. The molecule has 0 aliphatic rings. The minimum absolute atomic E-state index is 0. The molecular formula is C14H20IN3O2. The van der Waals surface area contributed by atoms with Crippen LogP contribution in [0.4, 0.5) is 0 Å². The highest BCUT2D eigenvalue weighted by Gasteiger charge is 2.07. The highest BCUT2D eigenvalue weighted by molar-refractivity contribution is 14.0. The van der Waals surface area contributed by atoms with Crippen LogP contribution in [0.25, 0.3) is 0 Å². The van der Waals surface area contributed by atoms with Crippen LogP contribution in [-0.4, -0.2) is 31.5 Å². The highest BCUT2D eigenvalue weighted by atomic mass is 127. The SMILES string of the molecule is CN=C(NCCc1ccco1)N(C)Cc1ccco1.I. The minimum atomic E-state index is 0. The van der Waals surface area contributed by atoms with Gasteiger partial charge in [-0.15, -0.1) is 24.0 Å². The molecular weight excluding hydrogens is 369 g/mol. The summed E-state index contributed by atoms with van der Waals surface area (Å²) in [6.07, 6.45) is 4.20. The van der Waals surface area contributed by atoms with Gasteiger partial charge in [0.2, 0.25) is 0 Å². The molecule has 1 N–H and O–H groups in total. The second-order valence-electron chi connectivity index (χ2n) is 4.24. The van der Waals surface area contributed by atoms with Gasteiger partial charge in [-0.25, -0.2) is 0 Å². The molecule has 0 aromatic carbocycles. The average molecular weight is 389 g/mol. The van der Waals surface area contributed by atoms with Crippen LogP contribution in [0.15, 0.2) is 50.6 Å². The standard InChI is InChI=1S/C14H19N3O2.HI/c1-15-14(16-8-7-12-5-3-9-18-12)17(2)11-13-6-4-10-19-13;/h3-6,9-10H,7-8,11H2,1-2H3,(H,15,16);1H. The fourth-order valence-corrected chi connectivity index (χ4v) is 1.85. The molecule has 0 bridgehead atoms. The topological polar surface area (TPSA) is 53.9 Å². The van der Waals surface area contributed by atoms with Crippen molar-refractivity contribution in [1.29, 1.82) is 0 Å². The van der Waals surface area contributed by atoms with Crippen molar-refractivity contribution in [3.63, 3.8) is 0 Å². The maximum Gasteiger partial charge on any atom is 0.193 e. The summed E-state index contributed by atoms with van der Waals surface area (Å²) in [6.45, 7) is 1.47. The van der Waals surface area contributed by atoms with Crippen LogP contribution >= 0.6 is 24.0 Å². The molecule has 0 amide bonds. The van der Waals surface area contributed by atoms with Gasteiger partial charge in [0.05, 0.1) is 19.1 Å². The van der Waals surface area contributed by atoms with E-state index in [1.54, 1.807) is 19.6 Å². The Morgan fingerprint density at radius 1 is 1.20 bits per heavy atom. The van der Waals surface area contributed by atoms with Crippen molar-refractivity contribution < 1.29 is 8.83 Å². The largest absolute Gasteiger partial charge is 0.469 e. The molecule has 0 saturated carbocycles. The summed E-state index contributed by atoms with van der Waals surface area (Å²) in [5.41, 5.74) is 0. The van der Waals surface area contributed by atoms with Gasteiger partial charge < -0.3 is 19.1 Å². The third-order valence-electron chi connectivity index (χ3n) is 2.78. The van der Waals surface area contributed by atoms with Gasteiger partial charge >= 0.3 is 0 Å². The number of nitrogens with zero attached hydrogens (tertiary/aromatic N) is 2. The smallest absolute Gasteiger partial charge is 0.193 e. The maximum absolute atomic E-state index is 5.32. The normalized spacial score (nSPS) is 11.0. The first-order valence-electron chi connectivity index (χ1n) is 6.26. The molecule has 0 atom stereocenters. The molecule has 0 spiro atoms. The van der Waals surface area contributed by atoms with E-state index >= 15 is 0 Å². The first-order chi connectivity index (χ1) is 9.29. The lowest BCUT2D eigenvalue weighted by Crippen LogP contribution is -2.39. The van der Waals surface area contributed by atoms with Gasteiger partial charge in [-0.1, -0.05) is 0 Å². The lowest BCUT2D eigenvalue weighted by Gasteiger charge is -2.20. The summed E-state index contributed by atoms with van der Waals surface area (Å²) < 4.78 is 10.6. The van der Waals surface area contributed by atoms with E-state index in [1.165, 1.54) is 0 Å². The van der Waals surface area contributed by atoms with Crippen molar-refractivity contribution in [3.8, 4) is 0 Å². The van der Waals surface area contributed by atoms with Crippen molar-refractivity contribution in [2.24, 2.45) is 4.99 Å². The van der Waals surface area contributed by atoms with Crippen molar-refractivity contribution in [2.75, 3.05) is 20.6 Å². The molecule has 0 aliphatic heterocycles. The molecule has 110 valence electrons. The summed E-state index contributed by atoms with van der Waals surface area (Å²) in [6, 6.07) is 7.70. The molecule has 2 heterocycles. The molecule has 5 nitrogen and oxygen atoms in total. The first kappa shape index (κ1) is 16.6. The van der Waals surface area contributed by atoms with Gasteiger partial charge in [0, 0.05) is 27.1 Å². The Kier molecular flexibility index (Phi) is 7.21. The van der Waals surface area contributed by atoms with E-state index in [0.29, 0.717) is 6.54 Å². The Morgan fingerprint density at radius 2 is 1.85 bits per heavy atom. The van der Waals surface area contributed by atoms with Crippen LogP contribution in [0.1, 0.15) is 11.5 Å². The van der Waals surface area contributed by atoms with Crippen LogP contribution in [0, 0.1) is 0 Å². The molecule has 0 saturated heterocycles. The van der Waals surface area contributed by atoms with E-state index in [-0.39, 0.29) is 24.0 Å². The van der Waals surface area contributed by atoms with Crippen molar-refractivity contribution >= 4 is 29.9 Å². The van der Waals surface area contributed by atoms with Crippen molar-refractivity contribution in [2.45, 2.75) is 13.0 Å². The van der Waals surface area contributed by atoms with Crippen molar-refractivity contribution in [3.05, 3.63) is 48.3 Å². The summed E-state index contributed by atoms with van der Waals surface area (Å²) in [5.74, 6) is 2.72. The zero-order valence-corrected chi connectivity index (χ0v) is 14.0. The predicted octanol–water partition coefficient (Wildman–Crippen LogP) is 2.74. The van der Waals surface area contributed by atoms with E-state index in [9.17, 15) is 0 Å². The second kappa shape index (κ2) is 8.68. The molecule has 6 heteroatoms. The summed E-state index contributed by atoms with van der Waals surface area (Å²) in [4.78, 5) is 6.26. The number of aliphatic imine (C=N–C) groups is 1. The molecule has 0 radical (unpaired) electrons. The molecule has 2 rings (SSSR count). The van der Waals surface area contributed by atoms with Crippen LogP contribution in [0.2, 0.25) is 0 Å². The van der Waals surface area contributed by atoms with Gasteiger partial charge in [-0.05, 0) is 24.3 Å². The number of furan rings is 2. The van der Waals surface area contributed by atoms with Crippen LogP contribution in [0.5, 0.6) is 0 Å². The van der Waals surface area contributed by atoms with Gasteiger partial charge in [-0.3, -0.25) is 4.99 Å². The van der Waals surface area contributed by atoms with Gasteiger partial charge in [0.1, 0.15) is 11.5 Å². The van der Waals surface area contributed by atoms with E-state index in [2.05, 4.69) is 10.3 Å². The lowest BCUT2D eigenvalue weighted by molar-refractivity contribution is 0.399. The van der Waals surface area contributed by atoms with E-state index in [1.807, 2.05) is 36.2 Å². The predicted molar refractivity (Wildman–Crippen MR) is 89.4 cm³/mol. The lowest BCUT2D eigenvalue weighted by atomic mass is 10.3. The number of nitrogens with one attached hydrogen (secondary N) is 1. The molecule has 2 aromatic rings. The number of hydrogen-bond acceptors (Lipinski definition) is 3. The second-order valence-corrected chi connectivity index (χ2v) is 4.24. The van der Waals surface area contributed by atoms with E-state index in [0.717, 1.165) is 30.4 Å². The highest BCUT2D eigenvalue weighted by Crippen LogP contribution is 2.04. The quantitative estimate of drug-likeness (QED) is 0.486. The number of halogens is 1. The fourth-order valence-electron chi connectivity index (χ4n) is 1.85. The van der Waals surface area contributed by atoms with Crippen molar-refractivity contribution in [1.82, 2.24) is 10.2 Å². The Hall–Kier alpha value is -1.44. The van der Waals surface area contributed by atoms with Gasteiger partial charge in [0.25, 0.3) is 0 Å². The summed E-state index contributed by atoms with van der Waals surface area (Å²) in [7, 11) is 3.75. The van der Waals surface area contributed by atoms with Crippen LogP contribution in [0.3, 0.4) is 0 Å².